The van der Waals surface area contributed by atoms with Crippen LogP contribution in [-0.2, 0) is 4.79 Å². The van der Waals surface area contributed by atoms with Crippen molar-refractivity contribution in [2.75, 3.05) is 0 Å². The zero-order valence-corrected chi connectivity index (χ0v) is 6.18. The first-order valence-corrected chi connectivity index (χ1v) is 3.14. The van der Waals surface area contributed by atoms with E-state index in [1.807, 2.05) is 5.32 Å². The quantitative estimate of drug-likeness (QED) is 0.608. The van der Waals surface area contributed by atoms with E-state index in [1.165, 1.54) is 0 Å². The molecular weight excluding hydrogens is 158 g/mol. The van der Waals surface area contributed by atoms with Crippen LogP contribution in [-0.4, -0.2) is 22.5 Å². The number of hydrogen-bond donors (Lipinski definition) is 2. The first-order valence-electron chi connectivity index (χ1n) is 2.76. The van der Waals surface area contributed by atoms with Gasteiger partial charge < -0.3 is 10.4 Å². The maximum absolute atomic E-state index is 10.4. The lowest BCUT2D eigenvalue weighted by atomic mass is 10.2. The van der Waals surface area contributed by atoms with E-state index in [4.69, 9.17) is 16.7 Å². The molecule has 10 heavy (non-hydrogen) atoms. The number of carboxylic acid groups (broad SMARTS) is 1. The molecule has 0 saturated carbocycles. The standard InChI is InChI=1S/C5H8ClNO3/c1-2-3(4(6)8)7-5(9)10/h3,7H,2H2,1H3,(H,9,10). The molecule has 0 rings (SSSR count). The summed E-state index contributed by atoms with van der Waals surface area (Å²) in [5.41, 5.74) is 0. The molecule has 0 aliphatic heterocycles. The summed E-state index contributed by atoms with van der Waals surface area (Å²) in [6.07, 6.45) is -0.866. The number of amides is 1. The van der Waals surface area contributed by atoms with E-state index in [-0.39, 0.29) is 0 Å². The van der Waals surface area contributed by atoms with Gasteiger partial charge in [0, 0.05) is 0 Å². The number of hydrogen-bond acceptors (Lipinski definition) is 2. The molecule has 0 saturated heterocycles. The van der Waals surface area contributed by atoms with Crippen LogP contribution >= 0.6 is 11.6 Å². The second-order valence-corrected chi connectivity index (χ2v) is 2.09. The van der Waals surface area contributed by atoms with Crippen molar-refractivity contribution < 1.29 is 14.7 Å². The molecule has 1 unspecified atom stereocenters. The lowest BCUT2D eigenvalue weighted by Crippen LogP contribution is -2.37. The van der Waals surface area contributed by atoms with E-state index in [1.54, 1.807) is 6.92 Å². The summed E-state index contributed by atoms with van der Waals surface area (Å²) in [5.74, 6) is 0. The van der Waals surface area contributed by atoms with Gasteiger partial charge in [-0.1, -0.05) is 6.92 Å². The molecule has 0 fully saturated rings. The van der Waals surface area contributed by atoms with Gasteiger partial charge in [-0.15, -0.1) is 0 Å². The van der Waals surface area contributed by atoms with E-state index in [9.17, 15) is 9.59 Å². The largest absolute Gasteiger partial charge is 0.465 e. The normalized spacial score (nSPS) is 12.2. The Hall–Kier alpha value is -0.770. The third kappa shape index (κ3) is 3.29. The van der Waals surface area contributed by atoms with Gasteiger partial charge in [-0.3, -0.25) is 4.79 Å². The highest BCUT2D eigenvalue weighted by Gasteiger charge is 2.14. The Morgan fingerprint density at radius 3 is 2.30 bits per heavy atom. The first kappa shape index (κ1) is 9.23. The number of carbonyl (C=O) groups is 2. The van der Waals surface area contributed by atoms with Crippen molar-refractivity contribution in [2.45, 2.75) is 19.4 Å². The van der Waals surface area contributed by atoms with Crippen LogP contribution in [0.1, 0.15) is 13.3 Å². The van der Waals surface area contributed by atoms with E-state index < -0.39 is 17.4 Å². The zero-order chi connectivity index (χ0) is 8.15. The number of nitrogens with one attached hydrogen (secondary N) is 1. The molecule has 2 N–H and O–H groups in total. The Labute approximate surface area is 63.2 Å². The van der Waals surface area contributed by atoms with Gasteiger partial charge >= 0.3 is 6.09 Å². The lowest BCUT2D eigenvalue weighted by molar-refractivity contribution is -0.113. The zero-order valence-electron chi connectivity index (χ0n) is 5.43. The van der Waals surface area contributed by atoms with Gasteiger partial charge in [-0.05, 0) is 18.0 Å². The van der Waals surface area contributed by atoms with Gasteiger partial charge in [-0.25, -0.2) is 4.79 Å². The molecule has 0 heterocycles. The first-order chi connectivity index (χ1) is 4.57. The van der Waals surface area contributed by atoms with E-state index in [0.717, 1.165) is 0 Å². The number of halogens is 1. The highest BCUT2D eigenvalue weighted by Crippen LogP contribution is 1.95. The van der Waals surface area contributed by atoms with Gasteiger partial charge in [0.1, 0.15) is 6.04 Å². The Morgan fingerprint density at radius 2 is 2.20 bits per heavy atom. The second kappa shape index (κ2) is 4.11. The van der Waals surface area contributed by atoms with Crippen LogP contribution in [0.15, 0.2) is 0 Å². The molecule has 0 aromatic carbocycles. The fourth-order valence-corrected chi connectivity index (χ4v) is 0.677. The lowest BCUT2D eigenvalue weighted by Gasteiger charge is -2.07. The summed E-state index contributed by atoms with van der Waals surface area (Å²) >= 11 is 5.02. The summed E-state index contributed by atoms with van der Waals surface area (Å²) < 4.78 is 0. The Morgan fingerprint density at radius 1 is 1.70 bits per heavy atom. The summed E-state index contributed by atoms with van der Waals surface area (Å²) in [7, 11) is 0. The van der Waals surface area contributed by atoms with E-state index >= 15 is 0 Å². The predicted octanol–water partition coefficient (Wildman–Crippen LogP) is 0.798. The van der Waals surface area contributed by atoms with Crippen molar-refractivity contribution in [3.05, 3.63) is 0 Å². The fraction of sp³-hybridized carbons (Fsp3) is 0.600. The SMILES string of the molecule is CCC(NC(=O)O)C(=O)Cl. The average Bonchev–Trinajstić information content (AvgIpc) is 1.81. The van der Waals surface area contributed by atoms with Crippen molar-refractivity contribution in [3.63, 3.8) is 0 Å². The second-order valence-electron chi connectivity index (χ2n) is 1.71. The molecule has 0 aliphatic carbocycles. The van der Waals surface area contributed by atoms with Crippen LogP contribution in [0.3, 0.4) is 0 Å². The Bertz CT molecular complexity index is 148. The van der Waals surface area contributed by atoms with Crippen LogP contribution in [0.25, 0.3) is 0 Å². The molecule has 0 radical (unpaired) electrons. The number of rotatable bonds is 3. The van der Waals surface area contributed by atoms with Crippen LogP contribution in [0, 0.1) is 0 Å². The smallest absolute Gasteiger partial charge is 0.405 e. The summed E-state index contributed by atoms with van der Waals surface area (Å²) in [6.45, 7) is 1.67. The van der Waals surface area contributed by atoms with Crippen LogP contribution < -0.4 is 5.32 Å². The molecular formula is C5H8ClNO3. The molecule has 5 heteroatoms. The summed E-state index contributed by atoms with van der Waals surface area (Å²) in [5, 5.41) is 9.43. The minimum Gasteiger partial charge on any atom is -0.465 e. The summed E-state index contributed by atoms with van der Waals surface area (Å²) in [4.78, 5) is 20.3. The third-order valence-electron chi connectivity index (χ3n) is 0.980. The Balaban J connectivity index is 3.83. The van der Waals surface area contributed by atoms with Crippen molar-refractivity contribution in [3.8, 4) is 0 Å². The number of carbonyl (C=O) groups excluding carboxylic acids is 1. The molecule has 1 amide bonds. The monoisotopic (exact) mass is 165 g/mol. The molecule has 0 bridgehead atoms. The van der Waals surface area contributed by atoms with Crippen LogP contribution in [0.5, 0.6) is 0 Å². The predicted molar refractivity (Wildman–Crippen MR) is 36.1 cm³/mol. The molecule has 58 valence electrons. The average molecular weight is 166 g/mol. The summed E-state index contributed by atoms with van der Waals surface area (Å²) in [6, 6.07) is -0.779. The Kier molecular flexibility index (Phi) is 3.79. The van der Waals surface area contributed by atoms with Crippen LogP contribution in [0.2, 0.25) is 0 Å². The van der Waals surface area contributed by atoms with E-state index in [0.29, 0.717) is 6.42 Å². The van der Waals surface area contributed by atoms with Gasteiger partial charge in [-0.2, -0.15) is 0 Å². The fourth-order valence-electron chi connectivity index (χ4n) is 0.468. The maximum atomic E-state index is 10.4. The van der Waals surface area contributed by atoms with Crippen molar-refractivity contribution in [2.24, 2.45) is 0 Å². The molecule has 0 aromatic rings. The molecule has 0 aromatic heterocycles. The van der Waals surface area contributed by atoms with E-state index in [2.05, 4.69) is 0 Å². The molecule has 0 aliphatic rings. The van der Waals surface area contributed by atoms with Gasteiger partial charge in [0.05, 0.1) is 0 Å². The molecule has 0 spiro atoms. The van der Waals surface area contributed by atoms with Gasteiger partial charge in [0.2, 0.25) is 5.24 Å². The highest BCUT2D eigenvalue weighted by molar-refractivity contribution is 6.64. The van der Waals surface area contributed by atoms with Gasteiger partial charge in [0.25, 0.3) is 0 Å². The molecule has 1 atom stereocenters. The van der Waals surface area contributed by atoms with Crippen molar-refractivity contribution in [1.29, 1.82) is 0 Å². The van der Waals surface area contributed by atoms with Gasteiger partial charge in [0.15, 0.2) is 0 Å². The minimum atomic E-state index is -1.24. The van der Waals surface area contributed by atoms with Crippen molar-refractivity contribution in [1.82, 2.24) is 5.32 Å². The third-order valence-corrected chi connectivity index (χ3v) is 1.24. The maximum Gasteiger partial charge on any atom is 0.405 e. The van der Waals surface area contributed by atoms with Crippen LogP contribution in [0.4, 0.5) is 4.79 Å². The topological polar surface area (TPSA) is 66.4 Å². The van der Waals surface area contributed by atoms with Crippen molar-refractivity contribution >= 4 is 22.9 Å². The molecule has 4 nitrogen and oxygen atoms in total. The minimum absolute atomic E-state index is 0.370. The highest BCUT2D eigenvalue weighted by atomic mass is 35.5.